The van der Waals surface area contributed by atoms with Gasteiger partial charge in [-0.05, 0) is 42.5 Å². The number of benzene rings is 1. The van der Waals surface area contributed by atoms with Crippen LogP contribution in [0.2, 0.25) is 0 Å². The lowest BCUT2D eigenvalue weighted by Crippen LogP contribution is -2.06. The highest BCUT2D eigenvalue weighted by molar-refractivity contribution is 14.1. The summed E-state index contributed by atoms with van der Waals surface area (Å²) in [7, 11) is 0. The minimum Gasteiger partial charge on any atom is -0.490 e. The van der Waals surface area contributed by atoms with Crippen LogP contribution in [-0.2, 0) is 0 Å². The van der Waals surface area contributed by atoms with Gasteiger partial charge in [0.15, 0.2) is 0 Å². The van der Waals surface area contributed by atoms with Crippen LogP contribution in [0.4, 0.5) is 5.69 Å². The predicted molar refractivity (Wildman–Crippen MR) is 61.6 cm³/mol. The largest absolute Gasteiger partial charge is 0.490 e. The van der Waals surface area contributed by atoms with Crippen LogP contribution in [0.15, 0.2) is 18.2 Å². The van der Waals surface area contributed by atoms with E-state index in [2.05, 4.69) is 22.6 Å². The van der Waals surface area contributed by atoms with Crippen LogP contribution in [0.25, 0.3) is 0 Å². The van der Waals surface area contributed by atoms with E-state index >= 15 is 0 Å². The standard InChI is InChI=1S/C9H10INO3/c1-6(2)14-9-5-7(11(12)13)3-4-8(9)10/h3-6H,1-2H3. The van der Waals surface area contributed by atoms with Gasteiger partial charge in [0, 0.05) is 6.07 Å². The fourth-order valence-electron chi connectivity index (χ4n) is 0.950. The van der Waals surface area contributed by atoms with E-state index in [1.54, 1.807) is 6.07 Å². The smallest absolute Gasteiger partial charge is 0.273 e. The lowest BCUT2D eigenvalue weighted by atomic mass is 10.3. The van der Waals surface area contributed by atoms with E-state index in [0.717, 1.165) is 3.57 Å². The van der Waals surface area contributed by atoms with Gasteiger partial charge in [-0.3, -0.25) is 10.1 Å². The number of hydrogen-bond donors (Lipinski definition) is 0. The summed E-state index contributed by atoms with van der Waals surface area (Å²) in [5.41, 5.74) is 0.0565. The molecular formula is C9H10INO3. The van der Waals surface area contributed by atoms with Crippen molar-refractivity contribution >= 4 is 28.3 Å². The van der Waals surface area contributed by atoms with Crippen LogP contribution in [0.1, 0.15) is 13.8 Å². The van der Waals surface area contributed by atoms with Gasteiger partial charge in [-0.2, -0.15) is 0 Å². The van der Waals surface area contributed by atoms with E-state index < -0.39 is 4.92 Å². The fraction of sp³-hybridized carbons (Fsp3) is 0.333. The first-order valence-corrected chi connectivity index (χ1v) is 5.19. The molecule has 1 aromatic carbocycles. The Bertz CT molecular complexity index is 352. The van der Waals surface area contributed by atoms with Crippen LogP contribution in [0.3, 0.4) is 0 Å². The molecule has 0 atom stereocenters. The molecule has 0 unspecified atom stereocenters. The van der Waals surface area contributed by atoms with Crippen LogP contribution < -0.4 is 4.74 Å². The first-order valence-electron chi connectivity index (χ1n) is 4.11. The second kappa shape index (κ2) is 4.59. The third-order valence-corrected chi connectivity index (χ3v) is 2.38. The molecule has 0 aliphatic heterocycles. The second-order valence-corrected chi connectivity index (χ2v) is 4.20. The normalized spacial score (nSPS) is 10.3. The van der Waals surface area contributed by atoms with Gasteiger partial charge in [-0.25, -0.2) is 0 Å². The summed E-state index contributed by atoms with van der Waals surface area (Å²) in [5, 5.41) is 10.5. The minimum atomic E-state index is -0.427. The van der Waals surface area contributed by atoms with E-state index in [1.807, 2.05) is 13.8 Å². The molecule has 0 aliphatic rings. The fourth-order valence-corrected chi connectivity index (χ4v) is 1.41. The number of ether oxygens (including phenoxy) is 1. The molecule has 76 valence electrons. The first kappa shape index (κ1) is 11.2. The summed E-state index contributed by atoms with van der Waals surface area (Å²) in [6, 6.07) is 4.59. The molecule has 0 saturated heterocycles. The SMILES string of the molecule is CC(C)Oc1cc([N+](=O)[O-])ccc1I. The van der Waals surface area contributed by atoms with E-state index in [-0.39, 0.29) is 11.8 Å². The number of nitrogens with zero attached hydrogens (tertiary/aromatic N) is 1. The Labute approximate surface area is 95.6 Å². The molecule has 0 N–H and O–H groups in total. The van der Waals surface area contributed by atoms with Crippen molar-refractivity contribution in [2.45, 2.75) is 20.0 Å². The van der Waals surface area contributed by atoms with Crippen LogP contribution in [0.5, 0.6) is 5.75 Å². The van der Waals surface area contributed by atoms with Crippen molar-refractivity contribution in [3.63, 3.8) is 0 Å². The molecule has 0 fully saturated rings. The average Bonchev–Trinajstić information content (AvgIpc) is 2.07. The van der Waals surface area contributed by atoms with Crippen molar-refractivity contribution in [3.8, 4) is 5.75 Å². The first-order chi connectivity index (χ1) is 6.50. The quantitative estimate of drug-likeness (QED) is 0.490. The van der Waals surface area contributed by atoms with E-state index in [4.69, 9.17) is 4.74 Å². The maximum absolute atomic E-state index is 10.5. The third-order valence-electron chi connectivity index (χ3n) is 1.49. The molecule has 0 aromatic heterocycles. The van der Waals surface area contributed by atoms with Crippen molar-refractivity contribution in [1.82, 2.24) is 0 Å². The van der Waals surface area contributed by atoms with Crippen molar-refractivity contribution in [2.75, 3.05) is 0 Å². The zero-order valence-electron chi connectivity index (χ0n) is 7.86. The average molecular weight is 307 g/mol. The summed E-state index contributed by atoms with van der Waals surface area (Å²) >= 11 is 2.09. The third kappa shape index (κ3) is 2.83. The lowest BCUT2D eigenvalue weighted by Gasteiger charge is -2.10. The second-order valence-electron chi connectivity index (χ2n) is 3.04. The zero-order chi connectivity index (χ0) is 10.7. The highest BCUT2D eigenvalue weighted by atomic mass is 127. The Morgan fingerprint density at radius 2 is 2.14 bits per heavy atom. The predicted octanol–water partition coefficient (Wildman–Crippen LogP) is 2.99. The maximum Gasteiger partial charge on any atom is 0.273 e. The zero-order valence-corrected chi connectivity index (χ0v) is 10.0. The van der Waals surface area contributed by atoms with Crippen LogP contribution in [0, 0.1) is 13.7 Å². The molecular weight excluding hydrogens is 297 g/mol. The Morgan fingerprint density at radius 1 is 1.50 bits per heavy atom. The maximum atomic E-state index is 10.5. The van der Waals surface area contributed by atoms with Gasteiger partial charge in [-0.1, -0.05) is 0 Å². The summed E-state index contributed by atoms with van der Waals surface area (Å²) < 4.78 is 6.30. The Kier molecular flexibility index (Phi) is 3.68. The Balaban J connectivity index is 3.02. The van der Waals surface area contributed by atoms with E-state index in [9.17, 15) is 10.1 Å². The Hall–Kier alpha value is -0.850. The van der Waals surface area contributed by atoms with Gasteiger partial charge in [0.1, 0.15) is 5.75 Å². The van der Waals surface area contributed by atoms with Crippen molar-refractivity contribution < 1.29 is 9.66 Å². The lowest BCUT2D eigenvalue weighted by molar-refractivity contribution is -0.385. The molecule has 4 nitrogen and oxygen atoms in total. The Morgan fingerprint density at radius 3 is 2.64 bits per heavy atom. The summed E-state index contributed by atoms with van der Waals surface area (Å²) in [5.74, 6) is 0.565. The van der Waals surface area contributed by atoms with Crippen molar-refractivity contribution in [2.24, 2.45) is 0 Å². The van der Waals surface area contributed by atoms with Gasteiger partial charge in [0.25, 0.3) is 5.69 Å². The van der Waals surface area contributed by atoms with Gasteiger partial charge < -0.3 is 4.74 Å². The molecule has 0 radical (unpaired) electrons. The topological polar surface area (TPSA) is 52.4 Å². The highest BCUT2D eigenvalue weighted by Crippen LogP contribution is 2.26. The van der Waals surface area contributed by atoms with Crippen LogP contribution >= 0.6 is 22.6 Å². The van der Waals surface area contributed by atoms with E-state index in [1.165, 1.54) is 12.1 Å². The van der Waals surface area contributed by atoms with Gasteiger partial charge in [0.2, 0.25) is 0 Å². The number of non-ortho nitro benzene ring substituents is 1. The van der Waals surface area contributed by atoms with Crippen LogP contribution in [-0.4, -0.2) is 11.0 Å². The van der Waals surface area contributed by atoms with E-state index in [0.29, 0.717) is 5.75 Å². The summed E-state index contributed by atoms with van der Waals surface area (Å²) in [4.78, 5) is 10.1. The van der Waals surface area contributed by atoms with Gasteiger partial charge >= 0.3 is 0 Å². The molecule has 5 heteroatoms. The molecule has 0 aliphatic carbocycles. The number of nitro benzene ring substituents is 1. The van der Waals surface area contributed by atoms with Crippen molar-refractivity contribution in [1.29, 1.82) is 0 Å². The van der Waals surface area contributed by atoms with Crippen molar-refractivity contribution in [3.05, 3.63) is 31.9 Å². The molecule has 0 spiro atoms. The molecule has 1 rings (SSSR count). The minimum absolute atomic E-state index is 0.0190. The number of nitro groups is 1. The molecule has 14 heavy (non-hydrogen) atoms. The molecule has 0 heterocycles. The summed E-state index contributed by atoms with van der Waals surface area (Å²) in [6.45, 7) is 3.77. The number of rotatable bonds is 3. The van der Waals surface area contributed by atoms with Gasteiger partial charge in [-0.15, -0.1) is 0 Å². The van der Waals surface area contributed by atoms with Gasteiger partial charge in [0.05, 0.1) is 20.7 Å². The molecule has 1 aromatic rings. The molecule has 0 amide bonds. The monoisotopic (exact) mass is 307 g/mol. The highest BCUT2D eigenvalue weighted by Gasteiger charge is 2.10. The molecule has 0 bridgehead atoms. The number of halogens is 1. The summed E-state index contributed by atoms with van der Waals surface area (Å²) in [6.07, 6.45) is 0.0190. The number of hydrogen-bond acceptors (Lipinski definition) is 3. The molecule has 0 saturated carbocycles.